The molecule has 0 radical (unpaired) electrons. The van der Waals surface area contributed by atoms with Crippen molar-refractivity contribution in [3.8, 4) is 0 Å². The van der Waals surface area contributed by atoms with Crippen LogP contribution >= 0.6 is 11.8 Å². The number of rotatable bonds is 6. The van der Waals surface area contributed by atoms with Gasteiger partial charge in [0.1, 0.15) is 0 Å². The molecule has 23 heavy (non-hydrogen) atoms. The summed E-state index contributed by atoms with van der Waals surface area (Å²) in [6.07, 6.45) is 4.18. The van der Waals surface area contributed by atoms with E-state index in [1.807, 2.05) is 0 Å². The Kier molecular flexibility index (Phi) is 5.09. The molecule has 0 saturated carbocycles. The van der Waals surface area contributed by atoms with E-state index in [0.29, 0.717) is 0 Å². The average Bonchev–Trinajstić information content (AvgIpc) is 2.95. The number of para-hydroxylation sites is 1. The summed E-state index contributed by atoms with van der Waals surface area (Å²) in [5, 5.41) is 1.28. The van der Waals surface area contributed by atoms with Crippen molar-refractivity contribution in [2.45, 2.75) is 30.9 Å². The number of ether oxygens (including phenoxy) is 1. The minimum absolute atomic E-state index is 0.0904. The minimum Gasteiger partial charge on any atom is -0.357 e. The smallest absolute Gasteiger partial charge is 0.160 e. The van der Waals surface area contributed by atoms with E-state index in [0.717, 1.165) is 12.8 Å². The van der Waals surface area contributed by atoms with Crippen molar-refractivity contribution in [3.05, 3.63) is 65.9 Å². The molecule has 3 aromatic rings. The number of hydrogen-bond donors (Lipinski definition) is 0. The number of thioether (sulfide) groups is 1. The zero-order valence-electron chi connectivity index (χ0n) is 14.0. The zero-order valence-corrected chi connectivity index (χ0v) is 14.8. The summed E-state index contributed by atoms with van der Waals surface area (Å²) in [6, 6.07) is 19.5. The van der Waals surface area contributed by atoms with E-state index < -0.39 is 0 Å². The van der Waals surface area contributed by atoms with Crippen LogP contribution in [0.1, 0.15) is 30.8 Å². The summed E-state index contributed by atoms with van der Waals surface area (Å²) in [7, 11) is 1.79. The van der Waals surface area contributed by atoms with Gasteiger partial charge in [0, 0.05) is 23.3 Å². The molecule has 1 unspecified atom stereocenters. The van der Waals surface area contributed by atoms with Gasteiger partial charge >= 0.3 is 0 Å². The molecule has 1 aromatic heterocycles. The first-order valence-corrected chi connectivity index (χ1v) is 9.26. The highest BCUT2D eigenvalue weighted by atomic mass is 32.2. The van der Waals surface area contributed by atoms with Gasteiger partial charge in [-0.05, 0) is 42.3 Å². The minimum atomic E-state index is -0.0904. The predicted molar refractivity (Wildman–Crippen MR) is 99.3 cm³/mol. The van der Waals surface area contributed by atoms with Gasteiger partial charge in [-0.2, -0.15) is 0 Å². The van der Waals surface area contributed by atoms with E-state index in [2.05, 4.69) is 72.3 Å². The normalized spacial score (nSPS) is 12.7. The number of aryl methyl sites for hydroxylation is 1. The van der Waals surface area contributed by atoms with Crippen molar-refractivity contribution >= 4 is 22.7 Å². The Balaban J connectivity index is 2.12. The van der Waals surface area contributed by atoms with Gasteiger partial charge in [-0.25, -0.2) is 0 Å². The first-order chi connectivity index (χ1) is 11.3. The van der Waals surface area contributed by atoms with Gasteiger partial charge in [-0.1, -0.05) is 43.7 Å². The number of methoxy groups -OCH3 is 1. The van der Waals surface area contributed by atoms with Crippen LogP contribution in [0.5, 0.6) is 0 Å². The molecule has 3 heteroatoms. The van der Waals surface area contributed by atoms with E-state index in [1.54, 1.807) is 18.9 Å². The van der Waals surface area contributed by atoms with Crippen LogP contribution < -0.4 is 0 Å². The summed E-state index contributed by atoms with van der Waals surface area (Å²) in [4.78, 5) is 1.27. The Labute approximate surface area is 142 Å². The Hall–Kier alpha value is -1.71. The van der Waals surface area contributed by atoms with E-state index in [4.69, 9.17) is 4.74 Å². The molecule has 0 fully saturated rings. The quantitative estimate of drug-likeness (QED) is 0.555. The summed E-state index contributed by atoms with van der Waals surface area (Å²) >= 11 is 1.76. The second-order valence-electron chi connectivity index (χ2n) is 5.68. The number of aromatic nitrogens is 1. The van der Waals surface area contributed by atoms with Crippen molar-refractivity contribution in [2.75, 3.05) is 13.4 Å². The lowest BCUT2D eigenvalue weighted by Gasteiger charge is -2.22. The first kappa shape index (κ1) is 16.2. The molecule has 0 saturated heterocycles. The molecule has 3 rings (SSSR count). The highest BCUT2D eigenvalue weighted by molar-refractivity contribution is 7.98. The molecular weight excluding hydrogens is 302 g/mol. The third-order valence-corrected chi connectivity index (χ3v) is 4.94. The summed E-state index contributed by atoms with van der Waals surface area (Å²) in [6.45, 7) is 2.22. The van der Waals surface area contributed by atoms with Gasteiger partial charge in [0.15, 0.2) is 6.23 Å². The molecule has 2 aromatic carbocycles. The molecule has 0 bridgehead atoms. The van der Waals surface area contributed by atoms with Crippen LogP contribution in [0.15, 0.2) is 59.5 Å². The maximum atomic E-state index is 5.91. The van der Waals surface area contributed by atoms with Crippen molar-refractivity contribution < 1.29 is 4.74 Å². The van der Waals surface area contributed by atoms with Crippen molar-refractivity contribution in [1.82, 2.24) is 4.57 Å². The summed E-state index contributed by atoms with van der Waals surface area (Å²) in [5.74, 6) is 0. The van der Waals surface area contributed by atoms with Crippen LogP contribution in [0.2, 0.25) is 0 Å². The predicted octanol–water partition coefficient (Wildman–Crippen LogP) is 5.51. The maximum absolute atomic E-state index is 5.91. The van der Waals surface area contributed by atoms with Crippen molar-refractivity contribution in [3.63, 3.8) is 0 Å². The fraction of sp³-hybridized carbons (Fsp3) is 0.300. The SMILES string of the molecule is CCCc1cc2ccccc2n1C(OC)c1ccc(SC)cc1. The van der Waals surface area contributed by atoms with Gasteiger partial charge in [-0.3, -0.25) is 0 Å². The Morgan fingerprint density at radius 3 is 2.48 bits per heavy atom. The zero-order chi connectivity index (χ0) is 16.2. The molecule has 1 heterocycles. The van der Waals surface area contributed by atoms with E-state index in [-0.39, 0.29) is 6.23 Å². The summed E-state index contributed by atoms with van der Waals surface area (Å²) < 4.78 is 8.25. The standard InChI is InChI=1S/C20H23NOS/c1-4-7-17-14-16-8-5-6-9-19(16)21(17)20(22-2)15-10-12-18(23-3)13-11-15/h5-6,8-14,20H,4,7H2,1-3H3. The Morgan fingerprint density at radius 2 is 1.83 bits per heavy atom. The Morgan fingerprint density at radius 1 is 1.09 bits per heavy atom. The molecule has 0 spiro atoms. The molecule has 0 N–H and O–H groups in total. The van der Waals surface area contributed by atoms with Gasteiger partial charge in [-0.15, -0.1) is 11.8 Å². The highest BCUT2D eigenvalue weighted by Crippen LogP contribution is 2.30. The highest BCUT2D eigenvalue weighted by Gasteiger charge is 2.18. The third-order valence-electron chi connectivity index (χ3n) is 4.19. The monoisotopic (exact) mass is 325 g/mol. The van der Waals surface area contributed by atoms with Gasteiger partial charge < -0.3 is 9.30 Å². The first-order valence-electron chi connectivity index (χ1n) is 8.04. The third kappa shape index (κ3) is 3.17. The second-order valence-corrected chi connectivity index (χ2v) is 6.56. The van der Waals surface area contributed by atoms with Gasteiger partial charge in [0.25, 0.3) is 0 Å². The molecule has 120 valence electrons. The van der Waals surface area contributed by atoms with Crippen molar-refractivity contribution in [2.24, 2.45) is 0 Å². The number of hydrogen-bond acceptors (Lipinski definition) is 2. The molecule has 1 atom stereocenters. The topological polar surface area (TPSA) is 14.2 Å². The lowest BCUT2D eigenvalue weighted by molar-refractivity contribution is 0.0800. The lowest BCUT2D eigenvalue weighted by Crippen LogP contribution is -2.15. The van der Waals surface area contributed by atoms with Gasteiger partial charge in [0.2, 0.25) is 0 Å². The van der Waals surface area contributed by atoms with Crippen LogP contribution in [0.25, 0.3) is 10.9 Å². The maximum Gasteiger partial charge on any atom is 0.160 e. The number of nitrogens with zero attached hydrogens (tertiary/aromatic N) is 1. The van der Waals surface area contributed by atoms with Crippen LogP contribution in [-0.4, -0.2) is 17.9 Å². The lowest BCUT2D eigenvalue weighted by atomic mass is 10.2. The van der Waals surface area contributed by atoms with Crippen molar-refractivity contribution in [1.29, 1.82) is 0 Å². The van der Waals surface area contributed by atoms with E-state index in [9.17, 15) is 0 Å². The Bertz CT molecular complexity index is 776. The molecule has 0 aliphatic carbocycles. The number of benzene rings is 2. The fourth-order valence-electron chi connectivity index (χ4n) is 3.12. The molecular formula is C20H23NOS. The molecule has 0 amide bonds. The van der Waals surface area contributed by atoms with Crippen LogP contribution in [0.4, 0.5) is 0 Å². The summed E-state index contributed by atoms with van der Waals surface area (Å²) in [5.41, 5.74) is 3.75. The molecule has 0 aliphatic heterocycles. The van der Waals surface area contributed by atoms with E-state index in [1.165, 1.54) is 27.1 Å². The largest absolute Gasteiger partial charge is 0.357 e. The fourth-order valence-corrected chi connectivity index (χ4v) is 3.53. The number of fused-ring (bicyclic) bond motifs is 1. The average molecular weight is 325 g/mol. The van der Waals surface area contributed by atoms with E-state index >= 15 is 0 Å². The van der Waals surface area contributed by atoms with Crippen LogP contribution in [0, 0.1) is 0 Å². The second kappa shape index (κ2) is 7.24. The van der Waals surface area contributed by atoms with Gasteiger partial charge in [0.05, 0.1) is 5.52 Å². The van der Waals surface area contributed by atoms with Crippen LogP contribution in [0.3, 0.4) is 0 Å². The molecule has 2 nitrogen and oxygen atoms in total. The molecule has 0 aliphatic rings. The van der Waals surface area contributed by atoms with Crippen LogP contribution in [-0.2, 0) is 11.2 Å².